The van der Waals surface area contributed by atoms with Gasteiger partial charge in [0.25, 0.3) is 5.91 Å². The number of piperidine rings is 1. The molecule has 1 fully saturated rings. The summed E-state index contributed by atoms with van der Waals surface area (Å²) in [5.41, 5.74) is 4.51. The summed E-state index contributed by atoms with van der Waals surface area (Å²) in [5.74, 6) is 0.745. The van der Waals surface area contributed by atoms with Crippen LogP contribution in [0, 0.1) is 5.92 Å². The molecule has 2 heterocycles. The maximum atomic E-state index is 12.9. The summed E-state index contributed by atoms with van der Waals surface area (Å²) >= 11 is 0. The number of hydrogen-bond acceptors (Lipinski definition) is 5. The first-order valence-corrected chi connectivity index (χ1v) is 13.6. The summed E-state index contributed by atoms with van der Waals surface area (Å²) in [7, 11) is 0. The lowest BCUT2D eigenvalue weighted by molar-refractivity contribution is 0.102. The van der Waals surface area contributed by atoms with E-state index in [-0.39, 0.29) is 11.0 Å². The third kappa shape index (κ3) is 5.68. The molecule has 192 valence electrons. The zero-order valence-corrected chi connectivity index (χ0v) is 21.8. The number of anilines is 2. The number of carbonyl (C=O) groups is 1. The van der Waals surface area contributed by atoms with Crippen molar-refractivity contribution < 1.29 is 9.21 Å². The van der Waals surface area contributed by atoms with Gasteiger partial charge in [-0.25, -0.2) is 4.98 Å². The molecule has 1 aliphatic carbocycles. The Balaban J connectivity index is 1.34. The summed E-state index contributed by atoms with van der Waals surface area (Å²) in [6, 6.07) is 16.7. The number of amides is 1. The van der Waals surface area contributed by atoms with Gasteiger partial charge in [-0.3, -0.25) is 9.59 Å². The highest BCUT2D eigenvalue weighted by atomic mass is 16.3. The average Bonchev–Trinajstić information content (AvgIpc) is 2.92. The zero-order valence-electron chi connectivity index (χ0n) is 21.8. The Bertz CT molecular complexity index is 1400. The Hall–Kier alpha value is -3.67. The second-order valence-corrected chi connectivity index (χ2v) is 10.1. The number of benzene rings is 3. The third-order valence-corrected chi connectivity index (χ3v) is 7.55. The summed E-state index contributed by atoms with van der Waals surface area (Å²) in [5, 5.41) is 2.84. The monoisotopic (exact) mass is 497 g/mol. The van der Waals surface area contributed by atoms with Gasteiger partial charge in [0.15, 0.2) is 16.8 Å². The zero-order chi connectivity index (χ0) is 25.8. The van der Waals surface area contributed by atoms with E-state index >= 15 is 0 Å². The number of fused-ring (bicyclic) bond motifs is 2. The second kappa shape index (κ2) is 11.2. The van der Waals surface area contributed by atoms with Gasteiger partial charge in [-0.05, 0) is 67.5 Å². The molecule has 0 saturated carbocycles. The fourth-order valence-electron chi connectivity index (χ4n) is 5.15. The predicted octanol–water partition coefficient (Wildman–Crippen LogP) is 6.90. The van der Waals surface area contributed by atoms with Gasteiger partial charge in [-0.1, -0.05) is 45.2 Å². The molecule has 0 spiro atoms. The maximum absolute atomic E-state index is 12.9. The van der Waals surface area contributed by atoms with E-state index in [1.54, 1.807) is 0 Å². The topological polar surface area (TPSA) is 75.4 Å². The van der Waals surface area contributed by atoms with Gasteiger partial charge < -0.3 is 14.6 Å². The maximum Gasteiger partial charge on any atom is 0.259 e. The number of carbonyl (C=O) groups excluding carboxylic acids is 1. The molecule has 2 aromatic carbocycles. The van der Waals surface area contributed by atoms with Crippen LogP contribution < -0.4 is 15.6 Å². The van der Waals surface area contributed by atoms with Gasteiger partial charge in [0.05, 0.1) is 5.56 Å². The highest BCUT2D eigenvalue weighted by Crippen LogP contribution is 2.30. The van der Waals surface area contributed by atoms with Gasteiger partial charge in [0.1, 0.15) is 11.2 Å². The fraction of sp³-hybridized carbons (Fsp3) is 0.387. The first-order chi connectivity index (χ1) is 18.0. The SMILES string of the molecule is CCCCCc1ccc(NC(=O)c2cc3nc4ccc(N5CCC(CC)CC5)cc4oc-3cc2=O)cc1. The fourth-order valence-corrected chi connectivity index (χ4v) is 5.15. The quantitative estimate of drug-likeness (QED) is 0.212. The van der Waals surface area contributed by atoms with Crippen molar-refractivity contribution in [1.29, 1.82) is 0 Å². The standard InChI is InChI=1S/C31H35N3O3/c1-3-5-6-7-22-8-10-23(11-9-22)32-31(36)25-19-27-30(20-28(25)35)37-29-18-24(12-13-26(29)33-27)34-16-14-21(4-2)15-17-34/h8-13,18-21H,3-7,14-17H2,1-2H3,(H,32,36). The van der Waals surface area contributed by atoms with Crippen LogP contribution in [0.25, 0.3) is 22.6 Å². The van der Waals surface area contributed by atoms with E-state index in [1.807, 2.05) is 36.4 Å². The minimum absolute atomic E-state index is 0.0528. The first-order valence-electron chi connectivity index (χ1n) is 13.6. The Morgan fingerprint density at radius 2 is 1.81 bits per heavy atom. The van der Waals surface area contributed by atoms with Crippen LogP contribution in [0.4, 0.5) is 11.4 Å². The molecule has 1 N–H and O–H groups in total. The van der Waals surface area contributed by atoms with Crippen molar-refractivity contribution >= 4 is 28.4 Å². The molecule has 2 aromatic rings. The van der Waals surface area contributed by atoms with Crippen molar-refractivity contribution in [2.75, 3.05) is 23.3 Å². The van der Waals surface area contributed by atoms with Crippen molar-refractivity contribution in [2.24, 2.45) is 5.92 Å². The molecule has 0 unspecified atom stereocenters. The van der Waals surface area contributed by atoms with Crippen LogP contribution in [0.2, 0.25) is 0 Å². The number of aromatic nitrogens is 1. The Labute approximate surface area is 218 Å². The summed E-state index contributed by atoms with van der Waals surface area (Å²) in [6.45, 7) is 6.53. The first kappa shape index (κ1) is 25.0. The minimum atomic E-state index is -0.446. The second-order valence-electron chi connectivity index (χ2n) is 10.1. The summed E-state index contributed by atoms with van der Waals surface area (Å²) in [4.78, 5) is 32.8. The lowest BCUT2D eigenvalue weighted by Crippen LogP contribution is -2.33. The Morgan fingerprint density at radius 3 is 2.54 bits per heavy atom. The normalized spacial score (nSPS) is 14.4. The lowest BCUT2D eigenvalue weighted by atomic mass is 9.94. The molecule has 0 aromatic heterocycles. The highest BCUT2D eigenvalue weighted by molar-refractivity contribution is 6.05. The number of unbranched alkanes of at least 4 members (excludes halogenated alkanes) is 2. The molecule has 1 amide bonds. The van der Waals surface area contributed by atoms with E-state index < -0.39 is 5.91 Å². The molecule has 0 radical (unpaired) electrons. The van der Waals surface area contributed by atoms with Crippen LogP contribution in [0.3, 0.4) is 0 Å². The summed E-state index contributed by atoms with van der Waals surface area (Å²) < 4.78 is 6.09. The molecule has 6 nitrogen and oxygen atoms in total. The number of hydrogen-bond donors (Lipinski definition) is 1. The predicted molar refractivity (Wildman–Crippen MR) is 150 cm³/mol. The van der Waals surface area contributed by atoms with E-state index in [9.17, 15) is 9.59 Å². The minimum Gasteiger partial charge on any atom is -0.453 e. The number of nitrogens with zero attached hydrogens (tertiary/aromatic N) is 2. The Morgan fingerprint density at radius 1 is 1.03 bits per heavy atom. The average molecular weight is 498 g/mol. The van der Waals surface area contributed by atoms with Crippen molar-refractivity contribution in [1.82, 2.24) is 4.98 Å². The van der Waals surface area contributed by atoms with Crippen molar-refractivity contribution in [3.8, 4) is 11.5 Å². The van der Waals surface area contributed by atoms with Crippen LogP contribution in [0.5, 0.6) is 0 Å². The van der Waals surface area contributed by atoms with Gasteiger partial charge in [-0.2, -0.15) is 0 Å². The van der Waals surface area contributed by atoms with Gasteiger partial charge in [-0.15, -0.1) is 0 Å². The van der Waals surface area contributed by atoms with Crippen LogP contribution >= 0.6 is 0 Å². The molecule has 0 bridgehead atoms. The molecule has 0 atom stereocenters. The molecule has 37 heavy (non-hydrogen) atoms. The molecule has 1 saturated heterocycles. The van der Waals surface area contributed by atoms with Gasteiger partial charge >= 0.3 is 0 Å². The van der Waals surface area contributed by atoms with E-state index in [0.29, 0.717) is 28.2 Å². The molecular formula is C31H35N3O3. The van der Waals surface area contributed by atoms with E-state index in [4.69, 9.17) is 9.40 Å². The lowest BCUT2D eigenvalue weighted by Gasteiger charge is -2.33. The van der Waals surface area contributed by atoms with E-state index in [1.165, 1.54) is 49.8 Å². The number of nitrogens with one attached hydrogen (secondary N) is 1. The van der Waals surface area contributed by atoms with Crippen LogP contribution in [-0.2, 0) is 6.42 Å². The van der Waals surface area contributed by atoms with Crippen molar-refractivity contribution in [2.45, 2.75) is 58.8 Å². The smallest absolute Gasteiger partial charge is 0.259 e. The van der Waals surface area contributed by atoms with Crippen LogP contribution in [0.15, 0.2) is 63.8 Å². The molecular weight excluding hydrogens is 462 g/mol. The Kier molecular flexibility index (Phi) is 7.54. The molecule has 5 rings (SSSR count). The largest absolute Gasteiger partial charge is 0.453 e. The third-order valence-electron chi connectivity index (χ3n) is 7.55. The molecule has 2 aliphatic heterocycles. The van der Waals surface area contributed by atoms with Crippen molar-refractivity contribution in [3.63, 3.8) is 0 Å². The highest BCUT2D eigenvalue weighted by Gasteiger charge is 2.20. The van der Waals surface area contributed by atoms with Crippen molar-refractivity contribution in [3.05, 3.63) is 75.9 Å². The van der Waals surface area contributed by atoms with E-state index in [0.717, 1.165) is 37.5 Å². The number of aryl methyl sites for hydroxylation is 1. The van der Waals surface area contributed by atoms with Gasteiger partial charge in [0, 0.05) is 36.6 Å². The molecule has 3 aliphatic rings. The van der Waals surface area contributed by atoms with Crippen LogP contribution in [-0.4, -0.2) is 24.0 Å². The van der Waals surface area contributed by atoms with E-state index in [2.05, 4.69) is 30.1 Å². The number of rotatable bonds is 8. The summed E-state index contributed by atoms with van der Waals surface area (Å²) in [6.07, 6.45) is 8.23. The van der Waals surface area contributed by atoms with Gasteiger partial charge in [0.2, 0.25) is 0 Å². The molecule has 6 heteroatoms. The van der Waals surface area contributed by atoms with Crippen LogP contribution in [0.1, 0.15) is 68.3 Å².